The highest BCUT2D eigenvalue weighted by Crippen LogP contribution is 2.36. The largest absolute Gasteiger partial charge is 0.192 e. The molecule has 1 aromatic rings. The lowest BCUT2D eigenvalue weighted by Gasteiger charge is -2.21. The van der Waals surface area contributed by atoms with E-state index in [9.17, 15) is 0 Å². The number of nitriles is 1. The molecule has 4 heteroatoms. The summed E-state index contributed by atoms with van der Waals surface area (Å²) in [5, 5.41) is 9.58. The van der Waals surface area contributed by atoms with Crippen LogP contribution < -0.4 is 0 Å². The Labute approximate surface area is 104 Å². The van der Waals surface area contributed by atoms with Crippen LogP contribution in [0.15, 0.2) is 23.1 Å². The van der Waals surface area contributed by atoms with Crippen LogP contribution in [0.2, 0.25) is 5.02 Å². The Kier molecular flexibility index (Phi) is 4.33. The van der Waals surface area contributed by atoms with E-state index in [2.05, 4.69) is 6.07 Å². The zero-order valence-electron chi connectivity index (χ0n) is 8.55. The minimum Gasteiger partial charge on any atom is -0.192 e. The first-order chi connectivity index (χ1) is 6.98. The van der Waals surface area contributed by atoms with Gasteiger partial charge in [0.05, 0.1) is 5.56 Å². The smallest absolute Gasteiger partial charge is 0.100 e. The van der Waals surface area contributed by atoms with E-state index in [1.165, 1.54) is 0 Å². The molecule has 0 saturated carbocycles. The SMILES string of the molecule is CC(C)(CCl)Sc1cc(Cl)ccc1C#N. The van der Waals surface area contributed by atoms with Gasteiger partial charge < -0.3 is 0 Å². The third-order valence-electron chi connectivity index (χ3n) is 1.77. The van der Waals surface area contributed by atoms with E-state index in [4.69, 9.17) is 28.5 Å². The molecule has 1 nitrogen and oxygen atoms in total. The summed E-state index contributed by atoms with van der Waals surface area (Å²) in [6.07, 6.45) is 0. The van der Waals surface area contributed by atoms with Gasteiger partial charge in [-0.25, -0.2) is 0 Å². The van der Waals surface area contributed by atoms with Gasteiger partial charge in [-0.05, 0) is 32.0 Å². The lowest BCUT2D eigenvalue weighted by molar-refractivity contribution is 0.811. The van der Waals surface area contributed by atoms with Crippen molar-refractivity contribution >= 4 is 35.0 Å². The maximum Gasteiger partial charge on any atom is 0.100 e. The molecule has 0 fully saturated rings. The second kappa shape index (κ2) is 5.12. The van der Waals surface area contributed by atoms with Crippen LogP contribution >= 0.6 is 35.0 Å². The molecule has 0 unspecified atom stereocenters. The molecule has 0 bridgehead atoms. The van der Waals surface area contributed by atoms with Crippen molar-refractivity contribution in [1.29, 1.82) is 5.26 Å². The standard InChI is InChI=1S/C11H11Cl2NS/c1-11(2,7-12)15-10-5-9(13)4-3-8(10)6-14/h3-5H,7H2,1-2H3. The molecule has 0 saturated heterocycles. The maximum absolute atomic E-state index is 8.94. The molecule has 0 spiro atoms. The van der Waals surface area contributed by atoms with E-state index < -0.39 is 0 Å². The number of rotatable bonds is 3. The van der Waals surface area contributed by atoms with Gasteiger partial charge in [0.25, 0.3) is 0 Å². The van der Waals surface area contributed by atoms with Crippen molar-refractivity contribution in [2.75, 3.05) is 5.88 Å². The fourth-order valence-corrected chi connectivity index (χ4v) is 2.46. The Morgan fingerprint density at radius 1 is 1.47 bits per heavy atom. The van der Waals surface area contributed by atoms with E-state index in [0.29, 0.717) is 16.5 Å². The lowest BCUT2D eigenvalue weighted by Crippen LogP contribution is -2.16. The maximum atomic E-state index is 8.94. The van der Waals surface area contributed by atoms with E-state index in [1.54, 1.807) is 30.0 Å². The molecule has 0 atom stereocenters. The molecule has 0 N–H and O–H groups in total. The summed E-state index contributed by atoms with van der Waals surface area (Å²) in [6, 6.07) is 7.40. The van der Waals surface area contributed by atoms with Crippen molar-refractivity contribution in [3.05, 3.63) is 28.8 Å². The Hall–Kier alpha value is -0.360. The first kappa shape index (κ1) is 12.7. The predicted molar refractivity (Wildman–Crippen MR) is 66.8 cm³/mol. The highest BCUT2D eigenvalue weighted by Gasteiger charge is 2.19. The average molecular weight is 260 g/mol. The van der Waals surface area contributed by atoms with Gasteiger partial charge in [0.1, 0.15) is 6.07 Å². The lowest BCUT2D eigenvalue weighted by atomic mass is 10.2. The molecule has 80 valence electrons. The van der Waals surface area contributed by atoms with Crippen LogP contribution in [0.5, 0.6) is 0 Å². The van der Waals surface area contributed by atoms with Gasteiger partial charge in [-0.15, -0.1) is 23.4 Å². The average Bonchev–Trinajstić information content (AvgIpc) is 2.18. The summed E-state index contributed by atoms with van der Waals surface area (Å²) in [6.45, 7) is 4.07. The van der Waals surface area contributed by atoms with E-state index in [0.717, 1.165) is 4.90 Å². The molecule has 0 aliphatic rings. The zero-order chi connectivity index (χ0) is 11.5. The molecule has 0 amide bonds. The second-order valence-corrected chi connectivity index (χ2v) is 6.20. The second-order valence-electron chi connectivity index (χ2n) is 3.75. The topological polar surface area (TPSA) is 23.8 Å². The minimum absolute atomic E-state index is 0.0994. The molecule has 15 heavy (non-hydrogen) atoms. The number of benzene rings is 1. The highest BCUT2D eigenvalue weighted by molar-refractivity contribution is 8.00. The quantitative estimate of drug-likeness (QED) is 0.597. The summed E-state index contributed by atoms with van der Waals surface area (Å²) in [4.78, 5) is 0.885. The fourth-order valence-electron chi connectivity index (χ4n) is 0.998. The molecule has 0 aromatic heterocycles. The molecule has 1 rings (SSSR count). The summed E-state index contributed by atoms with van der Waals surface area (Å²) >= 11 is 13.3. The molecular weight excluding hydrogens is 249 g/mol. The van der Waals surface area contributed by atoms with E-state index >= 15 is 0 Å². The third-order valence-corrected chi connectivity index (χ3v) is 4.09. The van der Waals surface area contributed by atoms with Gasteiger partial charge in [-0.3, -0.25) is 0 Å². The first-order valence-electron chi connectivity index (χ1n) is 4.43. The van der Waals surface area contributed by atoms with Crippen LogP contribution in [-0.4, -0.2) is 10.6 Å². The molecule has 1 aromatic carbocycles. The van der Waals surface area contributed by atoms with E-state index in [1.807, 2.05) is 13.8 Å². The molecular formula is C11H11Cl2NS. The summed E-state index contributed by atoms with van der Waals surface area (Å²) < 4.78 is -0.0994. The summed E-state index contributed by atoms with van der Waals surface area (Å²) in [5.74, 6) is 0.523. The van der Waals surface area contributed by atoms with E-state index in [-0.39, 0.29) is 4.75 Å². The normalized spacial score (nSPS) is 11.1. The monoisotopic (exact) mass is 259 g/mol. The molecule has 0 heterocycles. The number of hydrogen-bond donors (Lipinski definition) is 0. The Balaban J connectivity index is 3.04. The first-order valence-corrected chi connectivity index (χ1v) is 6.16. The van der Waals surface area contributed by atoms with Crippen molar-refractivity contribution in [3.63, 3.8) is 0 Å². The Bertz CT molecular complexity index is 396. The van der Waals surface area contributed by atoms with Crippen molar-refractivity contribution < 1.29 is 0 Å². The minimum atomic E-state index is -0.0994. The predicted octanol–water partition coefficient (Wildman–Crippen LogP) is 4.32. The number of halogens is 2. The summed E-state index contributed by atoms with van der Waals surface area (Å²) in [5.41, 5.74) is 0.641. The van der Waals surface area contributed by atoms with Crippen molar-refractivity contribution in [3.8, 4) is 6.07 Å². The number of alkyl halides is 1. The van der Waals surface area contributed by atoms with Crippen molar-refractivity contribution in [2.45, 2.75) is 23.5 Å². The van der Waals surface area contributed by atoms with Gasteiger partial charge in [0, 0.05) is 20.5 Å². The third kappa shape index (κ3) is 3.61. The van der Waals surface area contributed by atoms with Crippen LogP contribution in [-0.2, 0) is 0 Å². The Morgan fingerprint density at radius 2 is 2.13 bits per heavy atom. The Morgan fingerprint density at radius 3 is 2.67 bits per heavy atom. The van der Waals surface area contributed by atoms with Gasteiger partial charge >= 0.3 is 0 Å². The highest BCUT2D eigenvalue weighted by atomic mass is 35.5. The van der Waals surface area contributed by atoms with Gasteiger partial charge in [-0.1, -0.05) is 11.6 Å². The van der Waals surface area contributed by atoms with Crippen LogP contribution in [0.1, 0.15) is 19.4 Å². The van der Waals surface area contributed by atoms with Crippen molar-refractivity contribution in [1.82, 2.24) is 0 Å². The zero-order valence-corrected chi connectivity index (χ0v) is 10.9. The van der Waals surface area contributed by atoms with Crippen LogP contribution in [0, 0.1) is 11.3 Å². The van der Waals surface area contributed by atoms with Crippen LogP contribution in [0.4, 0.5) is 0 Å². The number of thioether (sulfide) groups is 1. The molecule has 0 radical (unpaired) electrons. The van der Waals surface area contributed by atoms with Gasteiger partial charge in [0.15, 0.2) is 0 Å². The van der Waals surface area contributed by atoms with Crippen molar-refractivity contribution in [2.24, 2.45) is 0 Å². The van der Waals surface area contributed by atoms with Crippen LogP contribution in [0.25, 0.3) is 0 Å². The fraction of sp³-hybridized carbons (Fsp3) is 0.364. The summed E-state index contributed by atoms with van der Waals surface area (Å²) in [7, 11) is 0. The van der Waals surface area contributed by atoms with Gasteiger partial charge in [0.2, 0.25) is 0 Å². The molecule has 0 aliphatic carbocycles. The number of nitrogens with zero attached hydrogens (tertiary/aromatic N) is 1. The number of hydrogen-bond acceptors (Lipinski definition) is 2. The van der Waals surface area contributed by atoms with Gasteiger partial charge in [-0.2, -0.15) is 5.26 Å². The van der Waals surface area contributed by atoms with Crippen LogP contribution in [0.3, 0.4) is 0 Å². The molecule has 0 aliphatic heterocycles.